The van der Waals surface area contributed by atoms with E-state index in [2.05, 4.69) is 4.90 Å². The second kappa shape index (κ2) is 5.34. The van der Waals surface area contributed by atoms with Gasteiger partial charge in [-0.15, -0.1) is 0 Å². The van der Waals surface area contributed by atoms with E-state index in [0.29, 0.717) is 0 Å². The average molecular weight is 208 g/mol. The summed E-state index contributed by atoms with van der Waals surface area (Å²) in [6, 6.07) is 6.78. The summed E-state index contributed by atoms with van der Waals surface area (Å²) in [6.45, 7) is 6.03. The van der Waals surface area contributed by atoms with Crippen molar-refractivity contribution in [2.75, 3.05) is 18.0 Å². The minimum Gasteiger partial charge on any atom is -0.371 e. The standard InChI is InChI=1S/C9H10N2O2.C2H6/c12-11(13)9-4-1-3-8(7-9)10-5-2-6-10;1-2/h1,3-4,7H,2,5-6H2;1-2H3. The van der Waals surface area contributed by atoms with Crippen molar-refractivity contribution >= 4 is 11.4 Å². The smallest absolute Gasteiger partial charge is 0.271 e. The van der Waals surface area contributed by atoms with Gasteiger partial charge in [0.2, 0.25) is 0 Å². The largest absolute Gasteiger partial charge is 0.371 e. The zero-order valence-electron chi connectivity index (χ0n) is 9.14. The summed E-state index contributed by atoms with van der Waals surface area (Å²) in [5.74, 6) is 0. The zero-order chi connectivity index (χ0) is 11.3. The molecule has 0 N–H and O–H groups in total. The molecule has 2 rings (SSSR count). The third kappa shape index (κ3) is 2.68. The Morgan fingerprint density at radius 2 is 2.00 bits per heavy atom. The minimum atomic E-state index is -0.358. The molecule has 0 amide bonds. The molecule has 82 valence electrons. The highest BCUT2D eigenvalue weighted by molar-refractivity contribution is 5.54. The van der Waals surface area contributed by atoms with E-state index in [9.17, 15) is 10.1 Å². The van der Waals surface area contributed by atoms with E-state index in [1.165, 1.54) is 12.5 Å². The average Bonchev–Trinajstić information content (AvgIpc) is 2.19. The van der Waals surface area contributed by atoms with Crippen molar-refractivity contribution < 1.29 is 4.92 Å². The number of nitro benzene ring substituents is 1. The second-order valence-electron chi connectivity index (χ2n) is 3.12. The second-order valence-corrected chi connectivity index (χ2v) is 3.12. The maximum absolute atomic E-state index is 10.5. The van der Waals surface area contributed by atoms with Crippen LogP contribution in [0.25, 0.3) is 0 Å². The van der Waals surface area contributed by atoms with Crippen LogP contribution in [0.15, 0.2) is 24.3 Å². The number of benzene rings is 1. The summed E-state index contributed by atoms with van der Waals surface area (Å²) < 4.78 is 0. The fraction of sp³-hybridized carbons (Fsp3) is 0.455. The van der Waals surface area contributed by atoms with Gasteiger partial charge < -0.3 is 4.90 Å². The van der Waals surface area contributed by atoms with Crippen molar-refractivity contribution in [3.05, 3.63) is 34.4 Å². The number of nitro groups is 1. The van der Waals surface area contributed by atoms with E-state index < -0.39 is 0 Å². The molecule has 0 atom stereocenters. The first-order chi connectivity index (χ1) is 7.27. The molecule has 1 fully saturated rings. The number of rotatable bonds is 2. The lowest BCUT2D eigenvalue weighted by atomic mass is 10.1. The Balaban J connectivity index is 0.000000531. The van der Waals surface area contributed by atoms with Gasteiger partial charge in [0.15, 0.2) is 0 Å². The van der Waals surface area contributed by atoms with E-state index in [-0.39, 0.29) is 10.6 Å². The molecule has 4 heteroatoms. The Bertz CT molecular complexity index is 335. The maximum Gasteiger partial charge on any atom is 0.271 e. The predicted octanol–water partition coefficient (Wildman–Crippen LogP) is 2.83. The quantitative estimate of drug-likeness (QED) is 0.554. The number of non-ortho nitro benzene ring substituents is 1. The van der Waals surface area contributed by atoms with Crippen LogP contribution in [-0.2, 0) is 0 Å². The number of nitrogens with zero attached hydrogens (tertiary/aromatic N) is 2. The molecule has 0 spiro atoms. The molecular weight excluding hydrogens is 192 g/mol. The van der Waals surface area contributed by atoms with E-state index >= 15 is 0 Å². The molecule has 4 nitrogen and oxygen atoms in total. The monoisotopic (exact) mass is 208 g/mol. The van der Waals surface area contributed by atoms with Gasteiger partial charge in [-0.05, 0) is 12.5 Å². The van der Waals surface area contributed by atoms with Crippen LogP contribution in [0.5, 0.6) is 0 Å². The fourth-order valence-electron chi connectivity index (χ4n) is 1.38. The van der Waals surface area contributed by atoms with E-state index in [1.54, 1.807) is 12.1 Å². The van der Waals surface area contributed by atoms with Crippen LogP contribution in [0.3, 0.4) is 0 Å². The molecule has 0 unspecified atom stereocenters. The summed E-state index contributed by atoms with van der Waals surface area (Å²) in [5, 5.41) is 10.5. The summed E-state index contributed by atoms with van der Waals surface area (Å²) in [4.78, 5) is 12.2. The molecule has 0 aliphatic carbocycles. The number of anilines is 1. The lowest BCUT2D eigenvalue weighted by Gasteiger charge is -2.32. The lowest BCUT2D eigenvalue weighted by Crippen LogP contribution is -2.36. The Hall–Kier alpha value is -1.58. The molecule has 1 saturated heterocycles. The van der Waals surface area contributed by atoms with Crippen molar-refractivity contribution in [1.82, 2.24) is 0 Å². The molecule has 0 radical (unpaired) electrons. The summed E-state index contributed by atoms with van der Waals surface area (Å²) in [5.41, 5.74) is 1.13. The highest BCUT2D eigenvalue weighted by Gasteiger charge is 2.16. The molecule has 1 aliphatic rings. The van der Waals surface area contributed by atoms with Gasteiger partial charge in [-0.25, -0.2) is 0 Å². The normalized spacial score (nSPS) is 13.6. The highest BCUT2D eigenvalue weighted by Crippen LogP contribution is 2.24. The van der Waals surface area contributed by atoms with Gasteiger partial charge in [0, 0.05) is 30.9 Å². The minimum absolute atomic E-state index is 0.171. The van der Waals surface area contributed by atoms with Crippen LogP contribution in [-0.4, -0.2) is 18.0 Å². The molecule has 0 aromatic heterocycles. The molecular formula is C11H16N2O2. The number of hydrogen-bond donors (Lipinski definition) is 0. The Labute approximate surface area is 89.7 Å². The zero-order valence-corrected chi connectivity index (χ0v) is 9.14. The van der Waals surface area contributed by atoms with Crippen molar-refractivity contribution in [2.45, 2.75) is 20.3 Å². The van der Waals surface area contributed by atoms with Gasteiger partial charge >= 0.3 is 0 Å². The fourth-order valence-corrected chi connectivity index (χ4v) is 1.38. The summed E-state index contributed by atoms with van der Waals surface area (Å²) >= 11 is 0. The van der Waals surface area contributed by atoms with Gasteiger partial charge in [-0.2, -0.15) is 0 Å². The van der Waals surface area contributed by atoms with Crippen LogP contribution in [0.4, 0.5) is 11.4 Å². The Morgan fingerprint density at radius 3 is 2.47 bits per heavy atom. The van der Waals surface area contributed by atoms with E-state index in [4.69, 9.17) is 0 Å². The van der Waals surface area contributed by atoms with Crippen molar-refractivity contribution in [1.29, 1.82) is 0 Å². The van der Waals surface area contributed by atoms with Gasteiger partial charge in [0.25, 0.3) is 5.69 Å². The molecule has 1 aliphatic heterocycles. The van der Waals surface area contributed by atoms with Gasteiger partial charge in [-0.1, -0.05) is 19.9 Å². The third-order valence-electron chi connectivity index (χ3n) is 2.26. The Morgan fingerprint density at radius 1 is 1.33 bits per heavy atom. The first kappa shape index (κ1) is 11.5. The van der Waals surface area contributed by atoms with E-state index in [1.807, 2.05) is 19.9 Å². The van der Waals surface area contributed by atoms with Crippen molar-refractivity contribution in [3.8, 4) is 0 Å². The molecule has 1 aromatic carbocycles. The maximum atomic E-state index is 10.5. The van der Waals surface area contributed by atoms with Crippen LogP contribution in [0, 0.1) is 10.1 Å². The van der Waals surface area contributed by atoms with Crippen LogP contribution >= 0.6 is 0 Å². The summed E-state index contributed by atoms with van der Waals surface area (Å²) in [7, 11) is 0. The lowest BCUT2D eigenvalue weighted by molar-refractivity contribution is -0.384. The first-order valence-corrected chi connectivity index (χ1v) is 5.27. The van der Waals surface area contributed by atoms with Gasteiger partial charge in [0.05, 0.1) is 4.92 Å². The van der Waals surface area contributed by atoms with Crippen LogP contribution in [0.2, 0.25) is 0 Å². The summed E-state index contributed by atoms with van der Waals surface area (Å²) in [6.07, 6.45) is 1.18. The Kier molecular flexibility index (Phi) is 4.09. The SMILES string of the molecule is CC.O=[N+]([O-])c1cccc(N2CCC2)c1. The molecule has 0 saturated carbocycles. The van der Waals surface area contributed by atoms with Gasteiger partial charge in [-0.3, -0.25) is 10.1 Å². The highest BCUT2D eigenvalue weighted by atomic mass is 16.6. The molecule has 1 heterocycles. The first-order valence-electron chi connectivity index (χ1n) is 5.27. The van der Waals surface area contributed by atoms with E-state index in [0.717, 1.165) is 18.8 Å². The van der Waals surface area contributed by atoms with Crippen molar-refractivity contribution in [3.63, 3.8) is 0 Å². The number of hydrogen-bond acceptors (Lipinski definition) is 3. The van der Waals surface area contributed by atoms with Crippen LogP contribution < -0.4 is 4.90 Å². The topological polar surface area (TPSA) is 46.4 Å². The van der Waals surface area contributed by atoms with Crippen LogP contribution in [0.1, 0.15) is 20.3 Å². The molecule has 1 aromatic rings. The molecule has 0 bridgehead atoms. The van der Waals surface area contributed by atoms with Crippen molar-refractivity contribution in [2.24, 2.45) is 0 Å². The third-order valence-corrected chi connectivity index (χ3v) is 2.26. The van der Waals surface area contributed by atoms with Gasteiger partial charge in [0.1, 0.15) is 0 Å². The molecule has 15 heavy (non-hydrogen) atoms. The predicted molar refractivity (Wildman–Crippen MR) is 61.3 cm³/mol.